The van der Waals surface area contributed by atoms with Gasteiger partial charge in [0.1, 0.15) is 0 Å². The Morgan fingerprint density at radius 3 is 2.85 bits per heavy atom. The molecule has 1 aliphatic heterocycles. The Hall–Kier alpha value is 0.0969. The van der Waals surface area contributed by atoms with Gasteiger partial charge in [0.25, 0.3) is 0 Å². The maximum absolute atomic E-state index is 5.60. The van der Waals surface area contributed by atoms with Gasteiger partial charge in [-0.2, -0.15) is 5.06 Å². The summed E-state index contributed by atoms with van der Waals surface area (Å²) in [5.74, 6) is 0. The van der Waals surface area contributed by atoms with Crippen LogP contribution >= 0.6 is 0 Å². The Kier molecular flexibility index (Phi) is 5.62. The first-order valence-corrected chi connectivity index (χ1v) is 6.47. The average Bonchev–Trinajstić information content (AvgIpc) is 2.52. The molecule has 0 saturated carbocycles. The van der Waals surface area contributed by atoms with Crippen LogP contribution in [-0.2, 0) is 9.57 Å². The summed E-state index contributed by atoms with van der Waals surface area (Å²) in [7, 11) is 1.22. The maximum Gasteiger partial charge on any atom is 0.0918 e. The number of nitrogens with zero attached hydrogens (tertiary/aromatic N) is 1. The van der Waals surface area contributed by atoms with Crippen molar-refractivity contribution < 1.29 is 9.57 Å². The van der Waals surface area contributed by atoms with Crippen molar-refractivity contribution in [2.45, 2.75) is 31.9 Å². The lowest BCUT2D eigenvalue weighted by Gasteiger charge is -2.20. The zero-order valence-corrected chi connectivity index (χ0v) is 10.8. The summed E-state index contributed by atoms with van der Waals surface area (Å²) in [4.78, 5) is 5.60. The van der Waals surface area contributed by atoms with Gasteiger partial charge in [-0.25, -0.2) is 0 Å². The molecule has 1 saturated heterocycles. The molecule has 0 aliphatic carbocycles. The zero-order chi connectivity index (χ0) is 9.52. The van der Waals surface area contributed by atoms with E-state index in [2.05, 4.69) is 12.0 Å². The highest BCUT2D eigenvalue weighted by Gasteiger charge is 2.20. The predicted octanol–water partition coefficient (Wildman–Crippen LogP) is 0.132. The number of hydrogen-bond donors (Lipinski definition) is 0. The minimum atomic E-state index is 0.721. The first kappa shape index (κ1) is 11.2. The van der Waals surface area contributed by atoms with Crippen LogP contribution in [-0.4, -0.2) is 47.3 Å². The summed E-state index contributed by atoms with van der Waals surface area (Å²) < 4.78 is 5.34. The van der Waals surface area contributed by atoms with Crippen molar-refractivity contribution in [2.75, 3.05) is 26.4 Å². The normalized spacial score (nSPS) is 24.2. The molecule has 0 aromatic carbocycles. The summed E-state index contributed by atoms with van der Waals surface area (Å²) in [6, 6.07) is 0. The van der Waals surface area contributed by atoms with E-state index in [9.17, 15) is 0 Å². The quantitative estimate of drug-likeness (QED) is 0.452. The molecule has 0 aromatic heterocycles. The van der Waals surface area contributed by atoms with E-state index in [0.29, 0.717) is 0 Å². The second kappa shape index (κ2) is 6.54. The molecule has 1 aliphatic rings. The third-order valence-electron chi connectivity index (χ3n) is 2.33. The Morgan fingerprint density at radius 2 is 2.23 bits per heavy atom. The number of hydrogen-bond acceptors (Lipinski definition) is 3. The average molecular weight is 203 g/mol. The lowest BCUT2D eigenvalue weighted by molar-refractivity contribution is -0.163. The van der Waals surface area contributed by atoms with Gasteiger partial charge >= 0.3 is 0 Å². The van der Waals surface area contributed by atoms with E-state index < -0.39 is 0 Å². The molecule has 0 amide bonds. The fourth-order valence-corrected chi connectivity index (χ4v) is 2.37. The second-order valence-electron chi connectivity index (χ2n) is 3.58. The number of rotatable bonds is 6. The Balaban J connectivity index is 1.93. The van der Waals surface area contributed by atoms with Gasteiger partial charge in [-0.1, -0.05) is 6.92 Å². The third-order valence-corrected chi connectivity index (χ3v) is 3.48. The molecular weight excluding hydrogens is 182 g/mol. The molecule has 0 radical (unpaired) electrons. The van der Waals surface area contributed by atoms with E-state index in [-0.39, 0.29) is 0 Å². The molecule has 1 atom stereocenters. The lowest BCUT2D eigenvalue weighted by atomic mass is 10.4. The van der Waals surface area contributed by atoms with E-state index in [1.165, 1.54) is 23.1 Å². The highest BCUT2D eigenvalue weighted by atomic mass is 28.1. The van der Waals surface area contributed by atoms with Crippen molar-refractivity contribution in [3.05, 3.63) is 0 Å². The largest absolute Gasteiger partial charge is 0.379 e. The van der Waals surface area contributed by atoms with Gasteiger partial charge in [0.15, 0.2) is 0 Å². The molecule has 1 rings (SSSR count). The lowest BCUT2D eigenvalue weighted by Crippen LogP contribution is -2.31. The Labute approximate surface area is 83.8 Å². The number of hydroxylamine groups is 2. The molecule has 1 heterocycles. The molecule has 13 heavy (non-hydrogen) atoms. The zero-order valence-electron chi connectivity index (χ0n) is 8.79. The third kappa shape index (κ3) is 4.22. The minimum Gasteiger partial charge on any atom is -0.379 e. The van der Waals surface area contributed by atoms with E-state index >= 15 is 0 Å². The van der Waals surface area contributed by atoms with Crippen LogP contribution in [0, 0.1) is 0 Å². The van der Waals surface area contributed by atoms with Gasteiger partial charge < -0.3 is 4.74 Å². The van der Waals surface area contributed by atoms with Crippen LogP contribution < -0.4 is 0 Å². The monoisotopic (exact) mass is 203 g/mol. The van der Waals surface area contributed by atoms with Gasteiger partial charge in [-0.3, -0.25) is 4.84 Å². The van der Waals surface area contributed by atoms with Crippen LogP contribution in [0.2, 0.25) is 0 Å². The molecule has 3 nitrogen and oxygen atoms in total. The van der Waals surface area contributed by atoms with Gasteiger partial charge in [0.05, 0.1) is 13.2 Å². The summed E-state index contributed by atoms with van der Waals surface area (Å²) in [6.07, 6.45) is 3.71. The highest BCUT2D eigenvalue weighted by molar-refractivity contribution is 6.11. The Morgan fingerprint density at radius 1 is 1.38 bits per heavy atom. The second-order valence-corrected chi connectivity index (χ2v) is 4.91. The summed E-state index contributed by atoms with van der Waals surface area (Å²) >= 11 is 0. The van der Waals surface area contributed by atoms with Gasteiger partial charge in [-0.15, -0.1) is 0 Å². The molecule has 1 unspecified atom stereocenters. The minimum absolute atomic E-state index is 0.721. The van der Waals surface area contributed by atoms with Crippen LogP contribution in [0.15, 0.2) is 0 Å². The molecule has 0 bridgehead atoms. The fraction of sp³-hybridized carbons (Fsp3) is 1.00. The molecule has 4 heteroatoms. The molecular formula is C9H21NO2Si. The first-order chi connectivity index (χ1) is 6.34. The van der Waals surface area contributed by atoms with Crippen LogP contribution in [0.3, 0.4) is 0 Å². The van der Waals surface area contributed by atoms with E-state index in [4.69, 9.17) is 9.57 Å². The van der Waals surface area contributed by atoms with Crippen molar-refractivity contribution in [2.24, 2.45) is 0 Å². The van der Waals surface area contributed by atoms with Crippen molar-refractivity contribution in [1.29, 1.82) is 0 Å². The van der Waals surface area contributed by atoms with Gasteiger partial charge in [0, 0.05) is 29.1 Å². The fourth-order valence-electron chi connectivity index (χ4n) is 1.56. The van der Waals surface area contributed by atoms with Gasteiger partial charge in [-0.05, 0) is 19.3 Å². The molecule has 0 N–H and O–H groups in total. The SMILES string of the molecule is CCCOCCON1CCCC1[SiH3]. The van der Waals surface area contributed by atoms with Crippen LogP contribution in [0.25, 0.3) is 0 Å². The highest BCUT2D eigenvalue weighted by Crippen LogP contribution is 2.13. The first-order valence-electron chi connectivity index (χ1n) is 5.32. The predicted molar refractivity (Wildman–Crippen MR) is 56.7 cm³/mol. The van der Waals surface area contributed by atoms with E-state index in [1.807, 2.05) is 0 Å². The van der Waals surface area contributed by atoms with Crippen molar-refractivity contribution in [3.8, 4) is 0 Å². The summed E-state index contributed by atoms with van der Waals surface area (Å²) in [6.45, 7) is 5.54. The molecule has 0 spiro atoms. The maximum atomic E-state index is 5.60. The van der Waals surface area contributed by atoms with Crippen molar-refractivity contribution >= 4 is 10.2 Å². The van der Waals surface area contributed by atoms with Crippen molar-refractivity contribution in [1.82, 2.24) is 5.06 Å². The topological polar surface area (TPSA) is 21.7 Å². The standard InChI is InChI=1S/C9H21NO2Si/c1-2-6-11-7-8-12-10-5-3-4-9(10)13/h9H,2-8H2,1,13H3. The smallest absolute Gasteiger partial charge is 0.0918 e. The number of ether oxygens (including phenoxy) is 1. The molecule has 1 fully saturated rings. The van der Waals surface area contributed by atoms with Crippen LogP contribution in [0.1, 0.15) is 26.2 Å². The van der Waals surface area contributed by atoms with E-state index in [1.54, 1.807) is 0 Å². The van der Waals surface area contributed by atoms with Gasteiger partial charge in [0.2, 0.25) is 0 Å². The molecule has 78 valence electrons. The van der Waals surface area contributed by atoms with Crippen molar-refractivity contribution in [3.63, 3.8) is 0 Å². The molecule has 0 aromatic rings. The van der Waals surface area contributed by atoms with Crippen LogP contribution in [0.5, 0.6) is 0 Å². The van der Waals surface area contributed by atoms with Crippen LogP contribution in [0.4, 0.5) is 0 Å². The summed E-state index contributed by atoms with van der Waals surface area (Å²) in [5, 5.41) is 2.14. The van der Waals surface area contributed by atoms with E-state index in [0.717, 1.165) is 38.5 Å². The Bertz CT molecular complexity index is 135. The summed E-state index contributed by atoms with van der Waals surface area (Å²) in [5.41, 5.74) is 0.728.